The van der Waals surface area contributed by atoms with Crippen molar-refractivity contribution in [3.63, 3.8) is 0 Å². The van der Waals surface area contributed by atoms with Gasteiger partial charge in [0.05, 0.1) is 16.1 Å². The number of rotatable bonds is 3. The first-order valence-corrected chi connectivity index (χ1v) is 8.56. The third kappa shape index (κ3) is 4.47. The monoisotopic (exact) mass is 399 g/mol. The van der Waals surface area contributed by atoms with Crippen molar-refractivity contribution in [3.05, 3.63) is 29.0 Å². The highest BCUT2D eigenvalue weighted by molar-refractivity contribution is 6.33. The molecule has 0 spiro atoms. The van der Waals surface area contributed by atoms with Gasteiger partial charge in [-0.25, -0.2) is 4.79 Å². The van der Waals surface area contributed by atoms with E-state index in [0.717, 1.165) is 19.3 Å². The van der Waals surface area contributed by atoms with Gasteiger partial charge in [0.2, 0.25) is 0 Å². The van der Waals surface area contributed by atoms with E-state index in [0.29, 0.717) is 22.1 Å². The fraction of sp³-hybridized carbons (Fsp3) is 0.471. The van der Waals surface area contributed by atoms with E-state index in [2.05, 4.69) is 20.8 Å². The van der Waals surface area contributed by atoms with E-state index in [1.807, 2.05) is 20.8 Å². The molecule has 2 aromatic rings. The Kier molecular flexibility index (Phi) is 5.85. The second-order valence-corrected chi connectivity index (χ2v) is 7.86. The molecule has 1 heterocycles. The fourth-order valence-electron chi connectivity index (χ4n) is 2.59. The van der Waals surface area contributed by atoms with Crippen LogP contribution in [0.1, 0.15) is 45.9 Å². The first-order chi connectivity index (χ1) is 11.7. The van der Waals surface area contributed by atoms with Crippen LogP contribution in [0.4, 0.5) is 10.5 Å². The van der Waals surface area contributed by atoms with Crippen LogP contribution < -0.4 is 16.4 Å². The number of urea groups is 1. The van der Waals surface area contributed by atoms with Crippen LogP contribution in [-0.2, 0) is 5.54 Å². The van der Waals surface area contributed by atoms with Crippen LogP contribution in [0, 0.1) is 0 Å². The van der Waals surface area contributed by atoms with Gasteiger partial charge in [0.25, 0.3) is 5.89 Å². The summed E-state index contributed by atoms with van der Waals surface area (Å²) in [6.07, 6.45) is 2.74. The fourth-order valence-corrected chi connectivity index (χ4v) is 2.78. The molecular formula is C17H23Cl2N5O2. The molecule has 0 aliphatic heterocycles. The Labute approximate surface area is 163 Å². The standard InChI is InChI=1S/C17H22ClN5O2.ClH/c1-16(2,3)22-15(24)20-10-5-6-12(18)11(9-10)13-21-14(23-25-13)17(19)7-4-8-17;/h5-6,9H,4,7-8,19H2,1-3H3,(H2,20,22,24);1H. The predicted molar refractivity (Wildman–Crippen MR) is 104 cm³/mol. The zero-order valence-corrected chi connectivity index (χ0v) is 16.5. The maximum atomic E-state index is 12.0. The van der Waals surface area contributed by atoms with Gasteiger partial charge in [0.15, 0.2) is 5.82 Å². The van der Waals surface area contributed by atoms with Crippen molar-refractivity contribution in [3.8, 4) is 11.5 Å². The van der Waals surface area contributed by atoms with Gasteiger partial charge in [-0.1, -0.05) is 16.8 Å². The normalized spacial score (nSPS) is 15.6. The topological polar surface area (TPSA) is 106 Å². The third-order valence-corrected chi connectivity index (χ3v) is 4.39. The average molecular weight is 400 g/mol. The van der Waals surface area contributed by atoms with Crippen LogP contribution in [0.2, 0.25) is 5.02 Å². The number of hydrogen-bond acceptors (Lipinski definition) is 5. The first-order valence-electron chi connectivity index (χ1n) is 8.18. The molecular weight excluding hydrogens is 377 g/mol. The Balaban J connectivity index is 0.00000243. The lowest BCUT2D eigenvalue weighted by atomic mass is 9.77. The number of aromatic nitrogens is 2. The van der Waals surface area contributed by atoms with E-state index in [4.69, 9.17) is 21.9 Å². The highest BCUT2D eigenvalue weighted by Gasteiger charge is 2.39. The summed E-state index contributed by atoms with van der Waals surface area (Å²) < 4.78 is 5.34. The van der Waals surface area contributed by atoms with Crippen LogP contribution in [0.5, 0.6) is 0 Å². The highest BCUT2D eigenvalue weighted by atomic mass is 35.5. The molecule has 0 radical (unpaired) electrons. The van der Waals surface area contributed by atoms with Crippen LogP contribution in [0.3, 0.4) is 0 Å². The molecule has 1 aliphatic carbocycles. The number of benzene rings is 1. The van der Waals surface area contributed by atoms with Crippen molar-refractivity contribution in [2.45, 2.75) is 51.1 Å². The van der Waals surface area contributed by atoms with E-state index >= 15 is 0 Å². The largest absolute Gasteiger partial charge is 0.334 e. The summed E-state index contributed by atoms with van der Waals surface area (Å²) in [5, 5.41) is 10.1. The van der Waals surface area contributed by atoms with Crippen molar-refractivity contribution in [1.82, 2.24) is 15.5 Å². The first kappa shape index (κ1) is 20.5. The average Bonchev–Trinajstić information content (AvgIpc) is 2.94. The number of anilines is 1. The summed E-state index contributed by atoms with van der Waals surface area (Å²) in [6.45, 7) is 5.72. The summed E-state index contributed by atoms with van der Waals surface area (Å²) in [7, 11) is 0. The molecule has 0 unspecified atom stereocenters. The number of nitrogens with two attached hydrogens (primary N) is 1. The van der Waals surface area contributed by atoms with Gasteiger partial charge in [-0.2, -0.15) is 4.98 Å². The second-order valence-electron chi connectivity index (χ2n) is 7.46. The minimum atomic E-state index is -0.503. The van der Waals surface area contributed by atoms with Gasteiger partial charge >= 0.3 is 6.03 Å². The van der Waals surface area contributed by atoms with Crippen molar-refractivity contribution in [1.29, 1.82) is 0 Å². The van der Waals surface area contributed by atoms with Crippen molar-refractivity contribution in [2.24, 2.45) is 5.73 Å². The number of hydrogen-bond donors (Lipinski definition) is 3. The molecule has 1 aliphatic rings. The van der Waals surface area contributed by atoms with Gasteiger partial charge in [-0.15, -0.1) is 12.4 Å². The molecule has 0 atom stereocenters. The Hall–Kier alpha value is -1.83. The number of nitrogens with one attached hydrogen (secondary N) is 2. The molecule has 1 aromatic carbocycles. The number of nitrogens with zero attached hydrogens (tertiary/aromatic N) is 2. The quantitative estimate of drug-likeness (QED) is 0.720. The summed E-state index contributed by atoms with van der Waals surface area (Å²) in [5.74, 6) is 0.783. The Morgan fingerprint density at radius 2 is 2.04 bits per heavy atom. The van der Waals surface area contributed by atoms with Gasteiger partial charge in [-0.3, -0.25) is 0 Å². The number of halogens is 2. The highest BCUT2D eigenvalue weighted by Crippen LogP contribution is 2.38. The summed E-state index contributed by atoms with van der Waals surface area (Å²) >= 11 is 6.26. The van der Waals surface area contributed by atoms with Gasteiger partial charge in [0, 0.05) is 11.2 Å². The molecule has 1 saturated carbocycles. The maximum absolute atomic E-state index is 12.0. The SMILES string of the molecule is CC(C)(C)NC(=O)Nc1ccc(Cl)c(-c2nc(C3(N)CCC3)no2)c1.Cl. The molecule has 1 aromatic heterocycles. The van der Waals surface area contributed by atoms with Crippen LogP contribution in [0.25, 0.3) is 11.5 Å². The number of amides is 2. The van der Waals surface area contributed by atoms with Crippen molar-refractivity contribution >= 4 is 35.7 Å². The number of carbonyl (C=O) groups excluding carboxylic acids is 1. The predicted octanol–water partition coefficient (Wildman–Crippen LogP) is 4.07. The van der Waals surface area contributed by atoms with Gasteiger partial charge in [0.1, 0.15) is 0 Å². The van der Waals surface area contributed by atoms with Crippen molar-refractivity contribution in [2.75, 3.05) is 5.32 Å². The molecule has 4 N–H and O–H groups in total. The zero-order chi connectivity index (χ0) is 18.2. The zero-order valence-electron chi connectivity index (χ0n) is 14.9. The smallest absolute Gasteiger partial charge is 0.319 e. The molecule has 142 valence electrons. The van der Waals surface area contributed by atoms with E-state index in [1.54, 1.807) is 18.2 Å². The Morgan fingerprint density at radius 1 is 1.35 bits per heavy atom. The molecule has 9 heteroatoms. The second kappa shape index (κ2) is 7.42. The third-order valence-electron chi connectivity index (χ3n) is 4.06. The molecule has 7 nitrogen and oxygen atoms in total. The lowest BCUT2D eigenvalue weighted by molar-refractivity contribution is 0.229. The van der Waals surface area contributed by atoms with Gasteiger partial charge in [-0.05, 0) is 58.2 Å². The minimum Gasteiger partial charge on any atom is -0.334 e. The molecule has 1 fully saturated rings. The molecule has 0 bridgehead atoms. The van der Waals surface area contributed by atoms with Crippen molar-refractivity contribution < 1.29 is 9.32 Å². The van der Waals surface area contributed by atoms with Crippen LogP contribution >= 0.6 is 24.0 Å². The number of carbonyl (C=O) groups is 1. The lowest BCUT2D eigenvalue weighted by Gasteiger charge is -2.34. The molecule has 0 saturated heterocycles. The van der Waals surface area contributed by atoms with E-state index in [-0.39, 0.29) is 29.9 Å². The van der Waals surface area contributed by atoms with E-state index < -0.39 is 5.54 Å². The molecule has 26 heavy (non-hydrogen) atoms. The molecule has 3 rings (SSSR count). The van der Waals surface area contributed by atoms with Crippen LogP contribution in [0.15, 0.2) is 22.7 Å². The summed E-state index contributed by atoms with van der Waals surface area (Å²) in [6, 6.07) is 4.78. The Bertz CT molecular complexity index is 797. The van der Waals surface area contributed by atoms with Gasteiger partial charge < -0.3 is 20.9 Å². The van der Waals surface area contributed by atoms with E-state index in [1.165, 1.54) is 0 Å². The van der Waals surface area contributed by atoms with Crippen LogP contribution in [-0.4, -0.2) is 21.7 Å². The lowest BCUT2D eigenvalue weighted by Crippen LogP contribution is -2.44. The summed E-state index contributed by atoms with van der Waals surface area (Å²) in [4.78, 5) is 16.4. The maximum Gasteiger partial charge on any atom is 0.319 e. The minimum absolute atomic E-state index is 0. The van der Waals surface area contributed by atoms with E-state index in [9.17, 15) is 4.79 Å². The molecule has 2 amide bonds. The Morgan fingerprint density at radius 3 is 2.62 bits per heavy atom. The summed E-state index contributed by atoms with van der Waals surface area (Å²) in [5.41, 5.74) is 6.52.